The summed E-state index contributed by atoms with van der Waals surface area (Å²) in [5.41, 5.74) is 1.88. The summed E-state index contributed by atoms with van der Waals surface area (Å²) in [4.78, 5) is 25.2. The van der Waals surface area contributed by atoms with E-state index in [0.29, 0.717) is 41.5 Å². The molecule has 9 heteroatoms. The topological polar surface area (TPSA) is 100 Å². The molecule has 30 heavy (non-hydrogen) atoms. The number of hydrogen-bond acceptors (Lipinski definition) is 7. The molecule has 0 N–H and O–H groups in total. The van der Waals surface area contributed by atoms with Gasteiger partial charge >= 0.3 is 0 Å². The van der Waals surface area contributed by atoms with Crippen molar-refractivity contribution in [2.75, 3.05) is 20.1 Å². The van der Waals surface area contributed by atoms with Crippen molar-refractivity contribution < 1.29 is 28.7 Å². The van der Waals surface area contributed by atoms with Crippen LogP contribution in [0, 0.1) is 10.1 Å². The van der Waals surface area contributed by atoms with E-state index in [1.807, 2.05) is 25.1 Å². The molecule has 2 heterocycles. The molecular formula is C21H20N2O7. The van der Waals surface area contributed by atoms with Crippen molar-refractivity contribution in [1.82, 2.24) is 4.90 Å². The molecule has 0 bridgehead atoms. The fourth-order valence-corrected chi connectivity index (χ4v) is 3.33. The van der Waals surface area contributed by atoms with Gasteiger partial charge in [-0.3, -0.25) is 14.9 Å². The first kappa shape index (κ1) is 19.7. The molecule has 0 unspecified atom stereocenters. The first-order valence-corrected chi connectivity index (χ1v) is 9.42. The number of likely N-dealkylation sites (N-methyl/N-ethyl adjacent to an activating group) is 1. The van der Waals surface area contributed by atoms with Gasteiger partial charge in [-0.2, -0.15) is 0 Å². The quantitative estimate of drug-likeness (QED) is 0.408. The Labute approximate surface area is 172 Å². The lowest BCUT2D eigenvalue weighted by Gasteiger charge is -2.20. The van der Waals surface area contributed by atoms with Crippen molar-refractivity contribution >= 4 is 17.7 Å². The summed E-state index contributed by atoms with van der Waals surface area (Å²) in [5.74, 6) is 1.62. The van der Waals surface area contributed by atoms with E-state index in [1.54, 1.807) is 11.0 Å². The van der Waals surface area contributed by atoms with Crippen LogP contribution in [0.5, 0.6) is 17.2 Å². The molecule has 0 atom stereocenters. The fourth-order valence-electron chi connectivity index (χ4n) is 3.33. The summed E-state index contributed by atoms with van der Waals surface area (Å²) in [5, 5.41) is 11.2. The number of carbonyl (C=O) groups is 1. The molecule has 2 aromatic carbocycles. The van der Waals surface area contributed by atoms with Crippen molar-refractivity contribution in [3.8, 4) is 17.2 Å². The van der Waals surface area contributed by atoms with Gasteiger partial charge in [-0.15, -0.1) is 0 Å². The Balaban J connectivity index is 1.53. The van der Waals surface area contributed by atoms with Crippen LogP contribution in [0.2, 0.25) is 0 Å². The van der Waals surface area contributed by atoms with Gasteiger partial charge in [0.15, 0.2) is 18.3 Å². The molecule has 0 spiro atoms. The summed E-state index contributed by atoms with van der Waals surface area (Å²) in [6, 6.07) is 8.37. The second-order valence-electron chi connectivity index (χ2n) is 6.76. The van der Waals surface area contributed by atoms with Crippen LogP contribution in [0.4, 0.5) is 5.69 Å². The fraction of sp³-hybridized carbons (Fsp3) is 0.286. The van der Waals surface area contributed by atoms with Crippen LogP contribution in [0.3, 0.4) is 0 Å². The molecule has 0 saturated heterocycles. The highest BCUT2D eigenvalue weighted by Crippen LogP contribution is 2.34. The molecule has 0 aromatic heterocycles. The smallest absolute Gasteiger partial charge is 0.270 e. The van der Waals surface area contributed by atoms with Gasteiger partial charge in [0.2, 0.25) is 12.7 Å². The minimum Gasteiger partial charge on any atom is -0.467 e. The maximum Gasteiger partial charge on any atom is 0.270 e. The standard InChI is InChI=1S/C21H20N2O7/c1-2-22(10-14-3-5-18-19(7-14)29-13-28-18)20(24)6-4-15-8-17(23(25)26)9-16-11-27-12-30-21(15)16/h3-9H,2,10-13H2,1H3/b6-4+. The maximum atomic E-state index is 12.8. The lowest BCUT2D eigenvalue weighted by atomic mass is 10.1. The predicted octanol–water partition coefficient (Wildman–Crippen LogP) is 3.25. The number of non-ortho nitro benzene ring substituents is 1. The van der Waals surface area contributed by atoms with E-state index in [9.17, 15) is 14.9 Å². The van der Waals surface area contributed by atoms with Gasteiger partial charge in [0.05, 0.1) is 11.5 Å². The monoisotopic (exact) mass is 412 g/mol. The van der Waals surface area contributed by atoms with E-state index in [-0.39, 0.29) is 31.8 Å². The van der Waals surface area contributed by atoms with Crippen LogP contribution >= 0.6 is 0 Å². The number of benzene rings is 2. The van der Waals surface area contributed by atoms with E-state index in [4.69, 9.17) is 18.9 Å². The SMILES string of the molecule is CCN(Cc1ccc2c(c1)OCO2)C(=O)/C=C/c1cc([N+](=O)[O-])cc2c1OCOC2. The Morgan fingerprint density at radius 2 is 2.00 bits per heavy atom. The number of fused-ring (bicyclic) bond motifs is 2. The average molecular weight is 412 g/mol. The Morgan fingerprint density at radius 3 is 2.80 bits per heavy atom. The predicted molar refractivity (Wildman–Crippen MR) is 106 cm³/mol. The molecule has 2 aromatic rings. The molecule has 9 nitrogen and oxygen atoms in total. The van der Waals surface area contributed by atoms with Crippen molar-refractivity contribution in [1.29, 1.82) is 0 Å². The highest BCUT2D eigenvalue weighted by atomic mass is 16.7. The van der Waals surface area contributed by atoms with Crippen molar-refractivity contribution in [2.45, 2.75) is 20.1 Å². The first-order chi connectivity index (χ1) is 14.5. The molecular weight excluding hydrogens is 392 g/mol. The molecule has 0 radical (unpaired) electrons. The number of nitrogens with zero attached hydrogens (tertiary/aromatic N) is 2. The number of nitro benzene ring substituents is 1. The highest BCUT2D eigenvalue weighted by Gasteiger charge is 2.20. The molecule has 4 rings (SSSR count). The van der Waals surface area contributed by atoms with Crippen LogP contribution in [0.25, 0.3) is 6.08 Å². The van der Waals surface area contributed by atoms with Gasteiger partial charge in [0, 0.05) is 42.4 Å². The molecule has 156 valence electrons. The number of ether oxygens (including phenoxy) is 4. The van der Waals surface area contributed by atoms with Crippen LogP contribution in [-0.4, -0.2) is 35.9 Å². The number of amides is 1. The Morgan fingerprint density at radius 1 is 1.17 bits per heavy atom. The zero-order valence-corrected chi connectivity index (χ0v) is 16.3. The number of carbonyl (C=O) groups excluding carboxylic acids is 1. The molecule has 2 aliphatic rings. The van der Waals surface area contributed by atoms with Gasteiger partial charge in [0.25, 0.3) is 5.69 Å². The second-order valence-corrected chi connectivity index (χ2v) is 6.76. The van der Waals surface area contributed by atoms with E-state index in [2.05, 4.69) is 0 Å². The average Bonchev–Trinajstić information content (AvgIpc) is 3.23. The minimum atomic E-state index is -0.480. The highest BCUT2D eigenvalue weighted by molar-refractivity contribution is 5.92. The van der Waals surface area contributed by atoms with Crippen molar-refractivity contribution in [3.05, 3.63) is 63.2 Å². The maximum absolute atomic E-state index is 12.8. The van der Waals surface area contributed by atoms with Crippen LogP contribution in [0.1, 0.15) is 23.6 Å². The molecule has 2 aliphatic heterocycles. The Kier molecular flexibility index (Phi) is 5.53. The zero-order chi connectivity index (χ0) is 21.1. The van der Waals surface area contributed by atoms with E-state index in [1.165, 1.54) is 18.2 Å². The molecule has 0 fully saturated rings. The largest absolute Gasteiger partial charge is 0.467 e. The molecule has 0 aliphatic carbocycles. The summed E-state index contributed by atoms with van der Waals surface area (Å²) in [6.45, 7) is 3.25. The minimum absolute atomic E-state index is 0.0603. The normalized spacial score (nSPS) is 14.3. The zero-order valence-electron chi connectivity index (χ0n) is 16.3. The summed E-state index contributed by atoms with van der Waals surface area (Å²) < 4.78 is 21.4. The van der Waals surface area contributed by atoms with Gasteiger partial charge in [-0.1, -0.05) is 6.07 Å². The van der Waals surface area contributed by atoms with Crippen molar-refractivity contribution in [2.24, 2.45) is 0 Å². The third-order valence-electron chi connectivity index (χ3n) is 4.84. The summed E-state index contributed by atoms with van der Waals surface area (Å²) in [6.07, 6.45) is 2.94. The third-order valence-corrected chi connectivity index (χ3v) is 4.84. The number of nitro groups is 1. The van der Waals surface area contributed by atoms with Crippen LogP contribution in [0.15, 0.2) is 36.4 Å². The van der Waals surface area contributed by atoms with Gasteiger partial charge in [0.1, 0.15) is 5.75 Å². The lowest BCUT2D eigenvalue weighted by Crippen LogP contribution is -2.28. The Bertz CT molecular complexity index is 1020. The molecule has 1 amide bonds. The molecule has 0 saturated carbocycles. The van der Waals surface area contributed by atoms with Gasteiger partial charge in [-0.05, 0) is 30.7 Å². The number of rotatable bonds is 6. The van der Waals surface area contributed by atoms with Gasteiger partial charge < -0.3 is 23.8 Å². The first-order valence-electron chi connectivity index (χ1n) is 9.42. The second kappa shape index (κ2) is 8.42. The Hall–Kier alpha value is -3.59. The summed E-state index contributed by atoms with van der Waals surface area (Å²) in [7, 11) is 0. The summed E-state index contributed by atoms with van der Waals surface area (Å²) >= 11 is 0. The number of hydrogen-bond donors (Lipinski definition) is 0. The van der Waals surface area contributed by atoms with E-state index in [0.717, 1.165) is 5.56 Å². The van der Waals surface area contributed by atoms with E-state index < -0.39 is 4.92 Å². The van der Waals surface area contributed by atoms with Crippen LogP contribution < -0.4 is 14.2 Å². The third kappa shape index (κ3) is 4.06. The van der Waals surface area contributed by atoms with Gasteiger partial charge in [-0.25, -0.2) is 0 Å². The van der Waals surface area contributed by atoms with E-state index >= 15 is 0 Å². The van der Waals surface area contributed by atoms with Crippen LogP contribution in [-0.2, 0) is 22.7 Å². The lowest BCUT2D eigenvalue weighted by molar-refractivity contribution is -0.385. The van der Waals surface area contributed by atoms with Crippen molar-refractivity contribution in [3.63, 3.8) is 0 Å².